The number of hydrogen-bond acceptors (Lipinski definition) is 3. The van der Waals surface area contributed by atoms with Gasteiger partial charge in [0.2, 0.25) is 0 Å². The first-order chi connectivity index (χ1) is 14.1. The second-order valence-electron chi connectivity index (χ2n) is 8.50. The van der Waals surface area contributed by atoms with E-state index < -0.39 is 7.82 Å². The zero-order valence-corrected chi connectivity index (χ0v) is 20.6. The zero-order valence-electron chi connectivity index (χ0n) is 19.7. The molecule has 0 unspecified atom stereocenters. The average molecular weight is 477 g/mol. The molecule has 0 aliphatic heterocycles. The first-order valence-corrected chi connectivity index (χ1v) is 14.2. The van der Waals surface area contributed by atoms with E-state index in [2.05, 4.69) is 13.8 Å². The van der Waals surface area contributed by atoms with Crippen molar-refractivity contribution in [2.45, 2.75) is 142 Å². The summed E-state index contributed by atoms with van der Waals surface area (Å²) in [5.74, 6) is 0. The first kappa shape index (κ1) is 33.5. The third kappa shape index (κ3) is 27.4. The minimum atomic E-state index is -3.85. The summed E-state index contributed by atoms with van der Waals surface area (Å²) in [6.07, 6.45) is 24.8. The van der Waals surface area contributed by atoms with Crippen molar-refractivity contribution < 1.29 is 18.5 Å². The second-order valence-corrected chi connectivity index (χ2v) is 9.95. The van der Waals surface area contributed by atoms with Gasteiger partial charge in [-0.1, -0.05) is 129 Å². The average Bonchev–Trinajstić information content (AvgIpc) is 2.70. The Balaban J connectivity index is 0. The van der Waals surface area contributed by atoms with Crippen molar-refractivity contribution >= 4 is 45.6 Å². The van der Waals surface area contributed by atoms with Gasteiger partial charge in [-0.3, -0.25) is 9.05 Å². The first-order valence-electron chi connectivity index (χ1n) is 12.7. The maximum atomic E-state index is 11.8. The zero-order chi connectivity index (χ0) is 21.5. The van der Waals surface area contributed by atoms with Gasteiger partial charge in [0.15, 0.2) is 0 Å². The summed E-state index contributed by atoms with van der Waals surface area (Å²) in [7, 11) is -3.85. The Kier molecular flexibility index (Phi) is 29.8. The van der Waals surface area contributed by atoms with E-state index in [0.717, 1.165) is 25.7 Å². The molecule has 0 atom stereocenters. The van der Waals surface area contributed by atoms with Crippen LogP contribution in [0.15, 0.2) is 0 Å². The van der Waals surface area contributed by atoms with Crippen LogP contribution in [-0.4, -0.2) is 55.8 Å². The predicted molar refractivity (Wildman–Crippen MR) is 134 cm³/mol. The molecule has 0 saturated carbocycles. The third-order valence-electron chi connectivity index (χ3n) is 5.50. The van der Waals surface area contributed by atoms with Gasteiger partial charge in [-0.25, -0.2) is 4.57 Å². The molecular weight excluding hydrogens is 423 g/mol. The van der Waals surface area contributed by atoms with Crippen LogP contribution in [0.1, 0.15) is 142 Å². The van der Waals surface area contributed by atoms with E-state index in [4.69, 9.17) is 9.05 Å². The van der Waals surface area contributed by atoms with Crippen molar-refractivity contribution in [2.75, 3.05) is 13.2 Å². The second kappa shape index (κ2) is 26.6. The Morgan fingerprint density at radius 3 is 1.00 bits per heavy atom. The van der Waals surface area contributed by atoms with E-state index >= 15 is 0 Å². The van der Waals surface area contributed by atoms with Gasteiger partial charge in [0, 0.05) is 0 Å². The summed E-state index contributed by atoms with van der Waals surface area (Å²) in [6, 6.07) is 0. The van der Waals surface area contributed by atoms with Crippen molar-refractivity contribution in [3.05, 3.63) is 0 Å². The van der Waals surface area contributed by atoms with Crippen LogP contribution in [0.25, 0.3) is 0 Å². The summed E-state index contributed by atoms with van der Waals surface area (Å²) in [4.78, 5) is 9.71. The summed E-state index contributed by atoms with van der Waals surface area (Å²) < 4.78 is 22.0. The van der Waals surface area contributed by atoms with E-state index in [1.54, 1.807) is 0 Å². The van der Waals surface area contributed by atoms with Crippen LogP contribution in [0.5, 0.6) is 0 Å². The van der Waals surface area contributed by atoms with Gasteiger partial charge < -0.3 is 4.89 Å². The third-order valence-corrected chi connectivity index (χ3v) is 6.52. The fraction of sp³-hybridized carbons (Fsp3) is 1.00. The van der Waals surface area contributed by atoms with E-state index in [1.165, 1.54) is 103 Å². The summed E-state index contributed by atoms with van der Waals surface area (Å²) >= 11 is 0. The molecule has 6 heteroatoms. The van der Waals surface area contributed by atoms with Crippen LogP contribution < -0.4 is 0 Å². The minimum absolute atomic E-state index is 0. The van der Waals surface area contributed by atoms with Crippen LogP contribution in [0.4, 0.5) is 0 Å². The van der Waals surface area contributed by atoms with E-state index in [0.29, 0.717) is 13.2 Å². The van der Waals surface area contributed by atoms with Gasteiger partial charge in [-0.15, -0.1) is 0 Å². The van der Waals surface area contributed by atoms with Crippen molar-refractivity contribution in [1.82, 2.24) is 0 Å². The predicted octanol–water partition coefficient (Wildman–Crippen LogP) is 8.05. The number of phosphoric ester groups is 1. The van der Waals surface area contributed by atoms with E-state index in [1.807, 2.05) is 0 Å². The fourth-order valence-corrected chi connectivity index (χ4v) is 4.37. The van der Waals surface area contributed by atoms with Crippen LogP contribution in [0.3, 0.4) is 0 Å². The topological polar surface area (TPSA) is 55.8 Å². The molecule has 0 heterocycles. The Morgan fingerprint density at radius 2 is 0.733 bits per heavy atom. The van der Waals surface area contributed by atoms with Crippen molar-refractivity contribution in [2.24, 2.45) is 0 Å². The molecule has 30 heavy (non-hydrogen) atoms. The van der Waals surface area contributed by atoms with Crippen molar-refractivity contribution in [3.63, 3.8) is 0 Å². The summed E-state index contributed by atoms with van der Waals surface area (Å²) in [6.45, 7) is 5.14. The molecule has 0 aromatic heterocycles. The summed E-state index contributed by atoms with van der Waals surface area (Å²) in [5.41, 5.74) is 0. The van der Waals surface area contributed by atoms with Gasteiger partial charge in [-0.2, -0.15) is 0 Å². The fourth-order valence-electron chi connectivity index (χ4n) is 3.58. The van der Waals surface area contributed by atoms with Gasteiger partial charge in [-0.05, 0) is 12.8 Å². The molecule has 0 saturated heterocycles. The summed E-state index contributed by atoms with van der Waals surface area (Å²) in [5, 5.41) is 0. The van der Waals surface area contributed by atoms with E-state index in [-0.39, 0.29) is 37.7 Å². The molecule has 0 aromatic rings. The number of phosphoric acid groups is 1. The molecule has 1 N–H and O–H groups in total. The normalized spacial score (nSPS) is 11.6. The molecule has 0 fully saturated rings. The Hall–Kier alpha value is 1.37. The maximum absolute atomic E-state index is 11.8. The van der Waals surface area contributed by atoms with Crippen molar-refractivity contribution in [3.8, 4) is 0 Å². The Morgan fingerprint density at radius 1 is 0.500 bits per heavy atom. The molecule has 0 aliphatic rings. The Labute approximate surface area is 218 Å². The molecule has 180 valence electrons. The van der Waals surface area contributed by atoms with Gasteiger partial charge in [0.25, 0.3) is 0 Å². The molecule has 0 aromatic carbocycles. The standard InChI is InChI=1S/C24H51O4P.Ca.2H/c1-3-5-7-9-11-13-15-17-19-21-23-27-29(25,26)28-24-22-20-18-16-14-12-10-8-6-4-2;;;/h3-24H2,1-2H3,(H,25,26);;;. The monoisotopic (exact) mass is 476 g/mol. The van der Waals surface area contributed by atoms with Crippen molar-refractivity contribution in [1.29, 1.82) is 0 Å². The molecule has 0 rings (SSSR count). The molecule has 0 spiro atoms. The van der Waals surface area contributed by atoms with Crippen LogP contribution in [-0.2, 0) is 13.6 Å². The van der Waals surface area contributed by atoms with Gasteiger partial charge >= 0.3 is 45.6 Å². The molecule has 0 radical (unpaired) electrons. The number of unbranched alkanes of at least 4 members (excludes halogenated alkanes) is 18. The molecule has 0 aliphatic carbocycles. The number of hydrogen-bond donors (Lipinski definition) is 1. The quantitative estimate of drug-likeness (QED) is 0.0870. The molecule has 4 nitrogen and oxygen atoms in total. The van der Waals surface area contributed by atoms with Crippen LogP contribution in [0.2, 0.25) is 0 Å². The van der Waals surface area contributed by atoms with Gasteiger partial charge in [0.05, 0.1) is 13.2 Å². The van der Waals surface area contributed by atoms with Gasteiger partial charge in [0.1, 0.15) is 0 Å². The van der Waals surface area contributed by atoms with E-state index in [9.17, 15) is 9.46 Å². The van der Waals surface area contributed by atoms with Crippen LogP contribution >= 0.6 is 7.82 Å². The molecule has 0 bridgehead atoms. The molecule has 0 amide bonds. The number of rotatable bonds is 24. The SMILES string of the molecule is CCCCCCCCCCCCOP(=O)(O)OCCCCCCCCCCCC.[CaH2]. The Bertz CT molecular complexity index is 339. The molecular formula is C24H53CaO4P. The van der Waals surface area contributed by atoms with Crippen LogP contribution in [0, 0.1) is 0 Å².